The van der Waals surface area contributed by atoms with Crippen LogP contribution < -0.4 is 16.1 Å². The molecule has 0 unspecified atom stereocenters. The van der Waals surface area contributed by atoms with Gasteiger partial charge in [-0.2, -0.15) is 5.48 Å². The molecule has 0 saturated carbocycles. The smallest absolute Gasteiger partial charge is 0.242 e. The molecule has 1 fully saturated rings. The number of likely N-dealkylation sites (N-methyl/N-ethyl adjacent to an activating group) is 1. The van der Waals surface area contributed by atoms with Gasteiger partial charge in [-0.3, -0.25) is 9.59 Å². The van der Waals surface area contributed by atoms with Crippen molar-refractivity contribution >= 4 is 25.3 Å². The summed E-state index contributed by atoms with van der Waals surface area (Å²) in [6.45, 7) is 8.74. The van der Waals surface area contributed by atoms with Crippen molar-refractivity contribution < 1.29 is 19.6 Å². The quantitative estimate of drug-likeness (QED) is 0.174. The average molecular weight is 397 g/mol. The van der Waals surface area contributed by atoms with Crippen molar-refractivity contribution in [2.45, 2.75) is 45.2 Å². The number of unbranched alkanes of at least 4 members (excludes halogenated alkanes) is 1. The number of hydroxylamine groups is 1. The summed E-state index contributed by atoms with van der Waals surface area (Å²) in [6.07, 6.45) is 2.20. The number of hydrogen-bond acceptors (Lipinski definition) is 7. The van der Waals surface area contributed by atoms with Crippen LogP contribution in [-0.2, 0) is 14.4 Å². The molecule has 0 aromatic rings. The first-order chi connectivity index (χ1) is 13.2. The number of hydrogen-bond donors (Lipinski definition) is 4. The molecule has 0 bridgehead atoms. The highest BCUT2D eigenvalue weighted by molar-refractivity contribution is 6.58. The van der Waals surface area contributed by atoms with Gasteiger partial charge in [0.1, 0.15) is 17.8 Å². The molecule has 1 saturated heterocycles. The third-order valence-electron chi connectivity index (χ3n) is 5.05. The Bertz CT molecular complexity index is 512. The van der Waals surface area contributed by atoms with Gasteiger partial charge in [-0.15, -0.1) is 0 Å². The number of carbonyl (C=O) groups excluding carboxylic acids is 3. The summed E-state index contributed by atoms with van der Waals surface area (Å²) in [5.41, 5.74) is 1.85. The van der Waals surface area contributed by atoms with E-state index in [-0.39, 0.29) is 24.1 Å². The van der Waals surface area contributed by atoms with Crippen LogP contribution in [0.5, 0.6) is 0 Å². The van der Waals surface area contributed by atoms with E-state index in [2.05, 4.69) is 27.5 Å². The van der Waals surface area contributed by atoms with Crippen LogP contribution in [0.15, 0.2) is 0 Å². The number of carbonyl (C=O) groups is 3. The molecule has 0 radical (unpaired) electrons. The monoisotopic (exact) mass is 397 g/mol. The highest BCUT2D eigenvalue weighted by Gasteiger charge is 2.27. The zero-order valence-electron chi connectivity index (χ0n) is 17.7. The largest absolute Gasteiger partial charge is 0.348 e. The predicted octanol–water partition coefficient (Wildman–Crippen LogP) is -1.83. The van der Waals surface area contributed by atoms with Gasteiger partial charge >= 0.3 is 0 Å². The number of amides is 2. The Kier molecular flexibility index (Phi) is 11.3. The molecule has 9 nitrogen and oxygen atoms in total. The van der Waals surface area contributed by atoms with Crippen molar-refractivity contribution in [3.05, 3.63) is 0 Å². The summed E-state index contributed by atoms with van der Waals surface area (Å²) in [5.74, 6) is -0.939. The van der Waals surface area contributed by atoms with Crippen LogP contribution >= 0.6 is 0 Å². The lowest BCUT2D eigenvalue weighted by atomic mass is 10.0. The van der Waals surface area contributed by atoms with Gasteiger partial charge < -0.3 is 30.4 Å². The molecule has 10 heteroatoms. The van der Waals surface area contributed by atoms with E-state index in [1.807, 2.05) is 5.48 Å². The van der Waals surface area contributed by atoms with Gasteiger partial charge in [0, 0.05) is 26.2 Å². The first-order valence-electron chi connectivity index (χ1n) is 10.1. The lowest BCUT2D eigenvalue weighted by Gasteiger charge is -2.32. The minimum absolute atomic E-state index is 0.0572. The molecule has 1 aliphatic heterocycles. The lowest BCUT2D eigenvalue weighted by molar-refractivity contribution is -0.132. The fourth-order valence-electron chi connectivity index (χ4n) is 3.13. The molecule has 1 rings (SSSR count). The second-order valence-corrected chi connectivity index (χ2v) is 7.97. The molecule has 0 spiro atoms. The van der Waals surface area contributed by atoms with Crippen LogP contribution in [0, 0.1) is 5.92 Å². The maximum atomic E-state index is 12.4. The van der Waals surface area contributed by atoms with Crippen LogP contribution in [0.25, 0.3) is 0 Å². The Labute approximate surface area is 168 Å². The molecule has 160 valence electrons. The van der Waals surface area contributed by atoms with E-state index in [1.165, 1.54) is 7.85 Å². The molecule has 28 heavy (non-hydrogen) atoms. The van der Waals surface area contributed by atoms with Crippen molar-refractivity contribution in [1.82, 2.24) is 25.9 Å². The standard InChI is InChI=1S/C18H36BN5O4/c1-13(2)16(22-28)18(27)21-14(17(26)20-12-15(19)25)6-4-5-7-24-10-8-23(3)9-11-24/h13-14,16,22,28H,4-12,19H2,1-3H3,(H,20,26)(H,21,27)/t14-,16-/m0/s1. The molecular weight excluding hydrogens is 361 g/mol. The molecular formula is C18H36BN5O4. The molecule has 1 heterocycles. The molecule has 2 atom stereocenters. The van der Waals surface area contributed by atoms with Crippen LogP contribution in [0.4, 0.5) is 0 Å². The molecule has 1 aliphatic rings. The summed E-state index contributed by atoms with van der Waals surface area (Å²) in [4.78, 5) is 40.7. The first-order valence-corrected chi connectivity index (χ1v) is 10.1. The Morgan fingerprint density at radius 1 is 1.07 bits per heavy atom. The van der Waals surface area contributed by atoms with E-state index in [9.17, 15) is 19.6 Å². The molecule has 0 aromatic heterocycles. The van der Waals surface area contributed by atoms with Gasteiger partial charge in [-0.05, 0) is 38.8 Å². The summed E-state index contributed by atoms with van der Waals surface area (Å²) in [6, 6.07) is -1.53. The normalized spacial score (nSPS) is 17.9. The number of piperazine rings is 1. The first kappa shape index (κ1) is 24.6. The number of rotatable bonds is 12. The maximum absolute atomic E-state index is 12.4. The topological polar surface area (TPSA) is 114 Å². The third kappa shape index (κ3) is 9.14. The minimum Gasteiger partial charge on any atom is -0.348 e. The van der Waals surface area contributed by atoms with Crippen molar-refractivity contribution in [3.8, 4) is 0 Å². The van der Waals surface area contributed by atoms with E-state index in [4.69, 9.17) is 0 Å². The molecule has 4 N–H and O–H groups in total. The van der Waals surface area contributed by atoms with Gasteiger partial charge in [0.05, 0.1) is 6.54 Å². The highest BCUT2D eigenvalue weighted by atomic mass is 16.5. The molecule has 2 amide bonds. The van der Waals surface area contributed by atoms with Crippen molar-refractivity contribution in [2.24, 2.45) is 5.92 Å². The molecule has 0 aliphatic carbocycles. The van der Waals surface area contributed by atoms with E-state index in [1.54, 1.807) is 13.8 Å². The number of nitrogens with one attached hydrogen (secondary N) is 3. The highest BCUT2D eigenvalue weighted by Crippen LogP contribution is 2.08. The third-order valence-corrected chi connectivity index (χ3v) is 5.05. The Hall–Kier alpha value is -1.49. The van der Waals surface area contributed by atoms with Gasteiger partial charge in [0.15, 0.2) is 7.85 Å². The van der Waals surface area contributed by atoms with Crippen molar-refractivity contribution in [2.75, 3.05) is 46.3 Å². The second kappa shape index (κ2) is 12.9. The van der Waals surface area contributed by atoms with Crippen LogP contribution in [-0.4, -0.2) is 98.8 Å². The Morgan fingerprint density at radius 2 is 1.71 bits per heavy atom. The fraction of sp³-hybridized carbons (Fsp3) is 0.833. The number of nitrogens with zero attached hydrogens (tertiary/aromatic N) is 2. The molecule has 0 aromatic carbocycles. The van der Waals surface area contributed by atoms with Crippen LogP contribution in [0.2, 0.25) is 0 Å². The van der Waals surface area contributed by atoms with Gasteiger partial charge in [-0.1, -0.05) is 13.8 Å². The van der Waals surface area contributed by atoms with E-state index < -0.39 is 18.0 Å². The van der Waals surface area contributed by atoms with Crippen molar-refractivity contribution in [3.63, 3.8) is 0 Å². The van der Waals surface area contributed by atoms with Crippen LogP contribution in [0.1, 0.15) is 33.1 Å². The van der Waals surface area contributed by atoms with Crippen LogP contribution in [0.3, 0.4) is 0 Å². The second-order valence-electron chi connectivity index (χ2n) is 7.97. The Morgan fingerprint density at radius 3 is 2.25 bits per heavy atom. The predicted molar refractivity (Wildman–Crippen MR) is 110 cm³/mol. The van der Waals surface area contributed by atoms with E-state index >= 15 is 0 Å². The zero-order chi connectivity index (χ0) is 21.1. The summed E-state index contributed by atoms with van der Waals surface area (Å²) >= 11 is 0. The summed E-state index contributed by atoms with van der Waals surface area (Å²) in [5, 5.41) is 14.5. The van der Waals surface area contributed by atoms with E-state index in [0.29, 0.717) is 6.42 Å². The SMILES string of the molecule is BC(=O)CNC(=O)[C@H](CCCCN1CCN(C)CC1)NC(=O)[C@@H](NO)C(C)C. The summed E-state index contributed by atoms with van der Waals surface area (Å²) in [7, 11) is 3.52. The summed E-state index contributed by atoms with van der Waals surface area (Å²) < 4.78 is 0. The Balaban J connectivity index is 2.53. The maximum Gasteiger partial charge on any atom is 0.242 e. The average Bonchev–Trinajstić information content (AvgIpc) is 2.63. The van der Waals surface area contributed by atoms with E-state index in [0.717, 1.165) is 45.6 Å². The van der Waals surface area contributed by atoms with Gasteiger partial charge in [-0.25, -0.2) is 0 Å². The lowest BCUT2D eigenvalue weighted by Crippen LogP contribution is -2.54. The van der Waals surface area contributed by atoms with Gasteiger partial charge in [0.2, 0.25) is 11.8 Å². The fourth-order valence-corrected chi connectivity index (χ4v) is 3.13. The minimum atomic E-state index is -0.798. The van der Waals surface area contributed by atoms with Crippen molar-refractivity contribution in [1.29, 1.82) is 0 Å². The zero-order valence-corrected chi connectivity index (χ0v) is 17.7. The van der Waals surface area contributed by atoms with Gasteiger partial charge in [0.25, 0.3) is 0 Å².